The lowest BCUT2D eigenvalue weighted by Crippen LogP contribution is -2.15. The highest BCUT2D eigenvalue weighted by Crippen LogP contribution is 2.46. The maximum absolute atomic E-state index is 9.34. The second-order valence-electron chi connectivity index (χ2n) is 23.8. The third kappa shape index (κ3) is 8.05. The number of benzene rings is 8. The molecule has 5 heteroatoms. The van der Waals surface area contributed by atoms with Crippen molar-refractivity contribution in [2.24, 2.45) is 0 Å². The number of hydrogen-bond donors (Lipinski definition) is 0. The fourth-order valence-electron chi connectivity index (χ4n) is 11.3. The predicted molar refractivity (Wildman–Crippen MR) is 315 cm³/mol. The molecule has 0 N–H and O–H groups in total. The van der Waals surface area contributed by atoms with E-state index in [1.807, 2.05) is 20.0 Å². The summed E-state index contributed by atoms with van der Waals surface area (Å²) in [4.78, 5) is 7.38. The molecule has 0 aliphatic carbocycles. The zero-order valence-electron chi connectivity index (χ0n) is 45.7. The first-order chi connectivity index (χ1) is 35.7. The van der Waals surface area contributed by atoms with Crippen molar-refractivity contribution < 1.29 is 6.11 Å². The van der Waals surface area contributed by atoms with Crippen molar-refractivity contribution in [1.82, 2.24) is 14.1 Å². The molecule has 0 spiro atoms. The molecule has 5 nitrogen and oxygen atoms in total. The first-order valence-electron chi connectivity index (χ1n) is 26.7. The van der Waals surface area contributed by atoms with Gasteiger partial charge in [0.15, 0.2) is 0 Å². The van der Waals surface area contributed by atoms with Crippen molar-refractivity contribution in [3.8, 4) is 28.4 Å². The summed E-state index contributed by atoms with van der Waals surface area (Å²) >= 11 is 0. The molecule has 0 unspecified atom stereocenters. The van der Waals surface area contributed by atoms with Crippen LogP contribution < -0.4 is 9.64 Å². The van der Waals surface area contributed by atoms with Crippen molar-refractivity contribution in [2.45, 2.75) is 105 Å². The van der Waals surface area contributed by atoms with Crippen LogP contribution in [0.4, 0.5) is 11.4 Å². The van der Waals surface area contributed by atoms with Crippen LogP contribution in [0.5, 0.6) is 11.5 Å². The van der Waals surface area contributed by atoms with E-state index in [1.54, 1.807) is 0 Å². The summed E-state index contributed by atoms with van der Waals surface area (Å²) in [7, 11) is 0. The minimum atomic E-state index is -0.799. The molecule has 12 rings (SSSR count). The van der Waals surface area contributed by atoms with Crippen LogP contribution in [0.15, 0.2) is 182 Å². The summed E-state index contributed by atoms with van der Waals surface area (Å²) < 4.78 is 21.1. The number of nitrogens with zero attached hydrogens (tertiary/aromatic N) is 4. The SMILES string of the molecule is [2H]C(C)(C)c1cc(-c2cccc3c4ccccc4c4ccc(C(C)(C)C)cc4c4cccc5c4n(c23)CN5c2cccc(Oc3ccc4c5ccccc5n(-c5cc(C(C)(C)C)ccn5)c4c3)c2)cc(C(C)(C)C)c1. The van der Waals surface area contributed by atoms with Gasteiger partial charge < -0.3 is 14.2 Å². The summed E-state index contributed by atoms with van der Waals surface area (Å²) in [5, 5.41) is 9.48. The van der Waals surface area contributed by atoms with Crippen LogP contribution in [-0.4, -0.2) is 14.1 Å². The number of para-hydroxylation sites is 3. The molecule has 4 heterocycles. The van der Waals surface area contributed by atoms with E-state index < -0.39 is 5.89 Å². The predicted octanol–water partition coefficient (Wildman–Crippen LogP) is 19.3. The minimum absolute atomic E-state index is 0.0288. The number of fused-ring (bicyclic) bond motifs is 10. The van der Waals surface area contributed by atoms with E-state index >= 15 is 0 Å². The Kier molecular flexibility index (Phi) is 10.8. The van der Waals surface area contributed by atoms with Gasteiger partial charge in [0, 0.05) is 52.5 Å². The standard InChI is InChI=1S/C69H66N4O/c1-43(2)44-35-45(37-48(36-44)69(9,10)11)52-24-17-25-58-54-22-13-12-21-53(54)55-31-29-46(67(3,4)5)38-60(55)59-26-18-28-62-66(59)72(65(52)58)42-71(62)49-19-16-20-50(40-49)74-51-30-32-57-56-23-14-15-27-61(56)73(63(57)41-51)64-39-47(33-34-70-64)68(6,7)8/h12-41,43H,42H2,1-11H3/i43D. The Hall–Kier alpha value is -7.89. The van der Waals surface area contributed by atoms with Gasteiger partial charge >= 0.3 is 0 Å². The molecule has 0 saturated carbocycles. The van der Waals surface area contributed by atoms with Crippen molar-refractivity contribution in [3.05, 3.63) is 204 Å². The van der Waals surface area contributed by atoms with E-state index in [0.29, 0.717) is 6.67 Å². The highest BCUT2D eigenvalue weighted by Gasteiger charge is 2.27. The zero-order chi connectivity index (χ0) is 52.3. The molecule has 0 amide bonds. The number of hydrogen-bond acceptors (Lipinski definition) is 3. The number of aromatic nitrogens is 3. The lowest BCUT2D eigenvalue weighted by Gasteiger charge is -2.23. The lowest BCUT2D eigenvalue weighted by atomic mass is 9.82. The molecular weight excluding hydrogens is 901 g/mol. The number of pyridine rings is 1. The van der Waals surface area contributed by atoms with Gasteiger partial charge in [0.1, 0.15) is 24.0 Å². The second kappa shape index (κ2) is 17.4. The van der Waals surface area contributed by atoms with Crippen LogP contribution in [-0.2, 0) is 22.9 Å². The van der Waals surface area contributed by atoms with Crippen LogP contribution in [0.1, 0.15) is 106 Å². The lowest BCUT2D eigenvalue weighted by molar-refractivity contribution is 0.483. The van der Waals surface area contributed by atoms with Crippen LogP contribution in [0.25, 0.3) is 82.1 Å². The molecule has 0 atom stereocenters. The van der Waals surface area contributed by atoms with Gasteiger partial charge in [0.25, 0.3) is 0 Å². The molecule has 0 fully saturated rings. The van der Waals surface area contributed by atoms with Crippen molar-refractivity contribution in [1.29, 1.82) is 0 Å². The summed E-state index contributed by atoms with van der Waals surface area (Å²) in [6, 6.07) is 64.5. The Labute approximate surface area is 437 Å². The van der Waals surface area contributed by atoms with E-state index in [0.717, 1.165) is 78.2 Å². The first kappa shape index (κ1) is 45.9. The highest BCUT2D eigenvalue weighted by molar-refractivity contribution is 6.22. The Morgan fingerprint density at radius 2 is 1.09 bits per heavy atom. The van der Waals surface area contributed by atoms with Gasteiger partial charge in [0.2, 0.25) is 0 Å². The van der Waals surface area contributed by atoms with Gasteiger partial charge in [-0.1, -0.05) is 185 Å². The summed E-state index contributed by atoms with van der Waals surface area (Å²) in [6.07, 6.45) is 1.93. The molecule has 8 aromatic carbocycles. The molecule has 0 radical (unpaired) electrons. The van der Waals surface area contributed by atoms with Gasteiger partial charge in [-0.15, -0.1) is 0 Å². The van der Waals surface area contributed by atoms with Crippen LogP contribution in [0.2, 0.25) is 0 Å². The molecule has 74 heavy (non-hydrogen) atoms. The summed E-state index contributed by atoms with van der Waals surface area (Å²) in [5.74, 6) is 1.59. The molecule has 368 valence electrons. The molecule has 3 aromatic heterocycles. The Morgan fingerprint density at radius 3 is 1.84 bits per heavy atom. The average molecular weight is 968 g/mol. The largest absolute Gasteiger partial charge is 0.457 e. The maximum Gasteiger partial charge on any atom is 0.137 e. The third-order valence-electron chi connectivity index (χ3n) is 15.4. The normalized spacial score (nSPS) is 13.4. The molecule has 0 bridgehead atoms. The Balaban J connectivity index is 1.08. The van der Waals surface area contributed by atoms with Crippen molar-refractivity contribution in [2.75, 3.05) is 4.90 Å². The van der Waals surface area contributed by atoms with Gasteiger partial charge in [0.05, 0.1) is 27.8 Å². The van der Waals surface area contributed by atoms with Crippen molar-refractivity contribution >= 4 is 76.5 Å². The van der Waals surface area contributed by atoms with Crippen LogP contribution in [0.3, 0.4) is 0 Å². The topological polar surface area (TPSA) is 35.2 Å². The highest BCUT2D eigenvalue weighted by atomic mass is 16.5. The summed E-state index contributed by atoms with van der Waals surface area (Å²) in [6.45, 7) is 25.0. The smallest absolute Gasteiger partial charge is 0.137 e. The Bertz CT molecular complexity index is 4150. The van der Waals surface area contributed by atoms with Gasteiger partial charge in [-0.05, 0) is 126 Å². The minimum Gasteiger partial charge on any atom is -0.457 e. The summed E-state index contributed by atoms with van der Waals surface area (Å²) in [5.41, 5.74) is 13.4. The van der Waals surface area contributed by atoms with Crippen LogP contribution >= 0.6 is 0 Å². The van der Waals surface area contributed by atoms with Crippen molar-refractivity contribution in [3.63, 3.8) is 0 Å². The number of rotatable bonds is 6. The molecule has 1 aliphatic heterocycles. The molecule has 1 aliphatic rings. The quantitative estimate of drug-likeness (QED) is 0.167. The Morgan fingerprint density at radius 1 is 0.486 bits per heavy atom. The number of ether oxygens (including phenoxy) is 1. The maximum atomic E-state index is 9.34. The van der Waals surface area contributed by atoms with Gasteiger partial charge in [-0.2, -0.15) is 0 Å². The third-order valence-corrected chi connectivity index (χ3v) is 15.4. The fraction of sp³-hybridized carbons (Fsp3) is 0.232. The monoisotopic (exact) mass is 968 g/mol. The van der Waals surface area contributed by atoms with E-state index in [2.05, 4.69) is 252 Å². The fourth-order valence-corrected chi connectivity index (χ4v) is 11.3. The first-order valence-corrected chi connectivity index (χ1v) is 26.2. The molecular formula is C69H66N4O. The zero-order valence-corrected chi connectivity index (χ0v) is 44.7. The second-order valence-corrected chi connectivity index (χ2v) is 23.8. The number of anilines is 2. The molecule has 11 aromatic rings. The molecule has 0 saturated heterocycles. The van der Waals surface area contributed by atoms with Gasteiger partial charge in [-0.25, -0.2) is 4.98 Å². The van der Waals surface area contributed by atoms with E-state index in [9.17, 15) is 1.37 Å². The average Bonchev–Trinajstić information content (AvgIpc) is 3.95. The van der Waals surface area contributed by atoms with E-state index in [-0.39, 0.29) is 16.2 Å². The van der Waals surface area contributed by atoms with Crippen LogP contribution in [0, 0.1) is 0 Å². The van der Waals surface area contributed by atoms with E-state index in [4.69, 9.17) is 9.72 Å². The van der Waals surface area contributed by atoms with Gasteiger partial charge in [-0.3, -0.25) is 4.57 Å². The van der Waals surface area contributed by atoms with E-state index in [1.165, 1.54) is 49.0 Å².